The lowest BCUT2D eigenvalue weighted by Crippen LogP contribution is -2.40. The first-order valence-corrected chi connectivity index (χ1v) is 7.85. The fraction of sp³-hybridized carbons (Fsp3) is 0.471. The normalized spacial score (nSPS) is 16.5. The molecule has 22 heavy (non-hydrogen) atoms. The summed E-state index contributed by atoms with van der Waals surface area (Å²) in [5, 5.41) is 13.5. The molecule has 2 heterocycles. The minimum atomic E-state index is -0.349. The Morgan fingerprint density at radius 3 is 2.91 bits per heavy atom. The summed E-state index contributed by atoms with van der Waals surface area (Å²) in [7, 11) is 1.98. The van der Waals surface area contributed by atoms with Gasteiger partial charge in [-0.2, -0.15) is 0 Å². The smallest absolute Gasteiger partial charge is 0.0945 e. The fourth-order valence-electron chi connectivity index (χ4n) is 2.99. The SMILES string of the molecule is Cn1cncc1CNC[C@H](O)CN1CCc2ccccc2C1. The Balaban J connectivity index is 1.43. The third-order valence-electron chi connectivity index (χ3n) is 4.28. The number of β-amino-alcohol motifs (C(OH)–C–C–N with tert-alkyl or cyclic N) is 1. The van der Waals surface area contributed by atoms with Crippen LogP contribution in [0.3, 0.4) is 0 Å². The van der Waals surface area contributed by atoms with E-state index < -0.39 is 0 Å². The molecule has 5 nitrogen and oxygen atoms in total. The standard InChI is InChI=1S/C17H24N4O/c1-20-13-19-9-16(20)8-18-10-17(22)12-21-7-6-14-4-2-3-5-15(14)11-21/h2-5,9,13,17-18,22H,6-8,10-12H2,1H3/t17-/m0/s1. The van der Waals surface area contributed by atoms with Crippen molar-refractivity contribution in [3.8, 4) is 0 Å². The number of fused-ring (bicyclic) bond motifs is 1. The first-order chi connectivity index (χ1) is 10.7. The van der Waals surface area contributed by atoms with Gasteiger partial charge in [-0.05, 0) is 17.5 Å². The molecule has 1 aromatic heterocycles. The second-order valence-corrected chi connectivity index (χ2v) is 6.03. The second-order valence-electron chi connectivity index (χ2n) is 6.03. The maximum Gasteiger partial charge on any atom is 0.0945 e. The minimum absolute atomic E-state index is 0.349. The quantitative estimate of drug-likeness (QED) is 0.833. The summed E-state index contributed by atoms with van der Waals surface area (Å²) in [6, 6.07) is 8.59. The molecule has 0 saturated heterocycles. The van der Waals surface area contributed by atoms with E-state index in [1.54, 1.807) is 6.33 Å². The van der Waals surface area contributed by atoms with Crippen LogP contribution in [0.25, 0.3) is 0 Å². The third-order valence-corrected chi connectivity index (χ3v) is 4.28. The first kappa shape index (κ1) is 15.2. The molecular weight excluding hydrogens is 276 g/mol. The first-order valence-electron chi connectivity index (χ1n) is 7.85. The number of aromatic nitrogens is 2. The third kappa shape index (κ3) is 3.74. The van der Waals surface area contributed by atoms with E-state index in [0.29, 0.717) is 13.1 Å². The molecule has 0 unspecified atom stereocenters. The van der Waals surface area contributed by atoms with E-state index >= 15 is 0 Å². The lowest BCUT2D eigenvalue weighted by Gasteiger charge is -2.30. The van der Waals surface area contributed by atoms with E-state index in [0.717, 1.165) is 31.7 Å². The van der Waals surface area contributed by atoms with Gasteiger partial charge in [-0.1, -0.05) is 24.3 Å². The molecule has 1 aliphatic heterocycles. The van der Waals surface area contributed by atoms with Crippen LogP contribution in [0.5, 0.6) is 0 Å². The summed E-state index contributed by atoms with van der Waals surface area (Å²) in [4.78, 5) is 6.42. The number of rotatable bonds is 6. The number of aryl methyl sites for hydroxylation is 1. The molecule has 0 saturated carbocycles. The van der Waals surface area contributed by atoms with Gasteiger partial charge in [0.25, 0.3) is 0 Å². The van der Waals surface area contributed by atoms with E-state index in [4.69, 9.17) is 0 Å². The van der Waals surface area contributed by atoms with Crippen molar-refractivity contribution in [3.63, 3.8) is 0 Å². The Kier molecular flexibility index (Phi) is 4.87. The van der Waals surface area contributed by atoms with Crippen LogP contribution in [-0.4, -0.2) is 45.3 Å². The lowest BCUT2D eigenvalue weighted by molar-refractivity contribution is 0.104. The van der Waals surface area contributed by atoms with Gasteiger partial charge in [-0.3, -0.25) is 4.90 Å². The molecule has 5 heteroatoms. The molecule has 0 spiro atoms. The lowest BCUT2D eigenvalue weighted by atomic mass is 10.00. The van der Waals surface area contributed by atoms with E-state index in [-0.39, 0.29) is 6.10 Å². The number of aliphatic hydroxyl groups is 1. The summed E-state index contributed by atoms with van der Waals surface area (Å²) in [6.45, 7) is 4.01. The summed E-state index contributed by atoms with van der Waals surface area (Å²) in [6.07, 6.45) is 4.36. The van der Waals surface area contributed by atoms with Crippen LogP contribution in [0.4, 0.5) is 0 Å². The van der Waals surface area contributed by atoms with Crippen molar-refractivity contribution < 1.29 is 5.11 Å². The molecule has 1 atom stereocenters. The molecule has 0 bridgehead atoms. The number of hydrogen-bond acceptors (Lipinski definition) is 4. The Hall–Kier alpha value is -1.69. The Bertz CT molecular complexity index is 610. The largest absolute Gasteiger partial charge is 0.390 e. The number of aliphatic hydroxyl groups excluding tert-OH is 1. The Morgan fingerprint density at radius 1 is 1.32 bits per heavy atom. The number of nitrogens with zero attached hydrogens (tertiary/aromatic N) is 3. The highest BCUT2D eigenvalue weighted by molar-refractivity contribution is 5.29. The molecule has 118 valence electrons. The van der Waals surface area contributed by atoms with Gasteiger partial charge in [0.05, 0.1) is 18.1 Å². The molecular formula is C17H24N4O. The van der Waals surface area contributed by atoms with Crippen molar-refractivity contribution in [3.05, 3.63) is 53.6 Å². The van der Waals surface area contributed by atoms with Gasteiger partial charge in [0.15, 0.2) is 0 Å². The van der Waals surface area contributed by atoms with Gasteiger partial charge < -0.3 is 15.0 Å². The molecule has 1 aromatic carbocycles. The summed E-state index contributed by atoms with van der Waals surface area (Å²) >= 11 is 0. The van der Waals surface area contributed by atoms with Crippen LogP contribution >= 0.6 is 0 Å². The van der Waals surface area contributed by atoms with Crippen LogP contribution in [0.2, 0.25) is 0 Å². The summed E-state index contributed by atoms with van der Waals surface area (Å²) in [5.74, 6) is 0. The average molecular weight is 300 g/mol. The van der Waals surface area contributed by atoms with Crippen molar-refractivity contribution in [2.24, 2.45) is 7.05 Å². The molecule has 2 N–H and O–H groups in total. The van der Waals surface area contributed by atoms with Crippen molar-refractivity contribution in [1.82, 2.24) is 19.8 Å². The molecule has 3 rings (SSSR count). The second kappa shape index (κ2) is 7.05. The zero-order valence-electron chi connectivity index (χ0n) is 13.1. The predicted molar refractivity (Wildman–Crippen MR) is 86.3 cm³/mol. The van der Waals surface area contributed by atoms with Crippen LogP contribution in [0, 0.1) is 0 Å². The van der Waals surface area contributed by atoms with E-state index in [1.165, 1.54) is 11.1 Å². The van der Waals surface area contributed by atoms with Gasteiger partial charge in [-0.15, -0.1) is 0 Å². The van der Waals surface area contributed by atoms with Crippen molar-refractivity contribution in [1.29, 1.82) is 0 Å². The molecule has 0 aliphatic carbocycles. The van der Waals surface area contributed by atoms with Crippen LogP contribution in [0.1, 0.15) is 16.8 Å². The Labute approximate surface area is 131 Å². The van der Waals surface area contributed by atoms with Gasteiger partial charge in [0.2, 0.25) is 0 Å². The highest BCUT2D eigenvalue weighted by Gasteiger charge is 2.18. The maximum absolute atomic E-state index is 10.2. The van der Waals surface area contributed by atoms with Gasteiger partial charge in [0, 0.05) is 46.0 Å². The fourth-order valence-corrected chi connectivity index (χ4v) is 2.99. The van der Waals surface area contributed by atoms with Crippen molar-refractivity contribution >= 4 is 0 Å². The van der Waals surface area contributed by atoms with Crippen LogP contribution in [0.15, 0.2) is 36.8 Å². The van der Waals surface area contributed by atoms with E-state index in [9.17, 15) is 5.11 Å². The van der Waals surface area contributed by atoms with Crippen LogP contribution in [-0.2, 0) is 26.6 Å². The summed E-state index contributed by atoms with van der Waals surface area (Å²) < 4.78 is 1.99. The van der Waals surface area contributed by atoms with Gasteiger partial charge in [-0.25, -0.2) is 4.98 Å². The van der Waals surface area contributed by atoms with Gasteiger partial charge in [0.1, 0.15) is 0 Å². The van der Waals surface area contributed by atoms with Crippen molar-refractivity contribution in [2.75, 3.05) is 19.6 Å². The Morgan fingerprint density at radius 2 is 2.14 bits per heavy atom. The zero-order valence-corrected chi connectivity index (χ0v) is 13.1. The van der Waals surface area contributed by atoms with E-state index in [1.807, 2.05) is 17.8 Å². The monoisotopic (exact) mass is 300 g/mol. The number of nitrogens with one attached hydrogen (secondary N) is 1. The van der Waals surface area contributed by atoms with E-state index in [2.05, 4.69) is 39.5 Å². The highest BCUT2D eigenvalue weighted by Crippen LogP contribution is 2.18. The number of hydrogen-bond donors (Lipinski definition) is 2. The topological polar surface area (TPSA) is 53.3 Å². The van der Waals surface area contributed by atoms with Gasteiger partial charge >= 0.3 is 0 Å². The minimum Gasteiger partial charge on any atom is -0.390 e. The molecule has 1 aliphatic rings. The van der Waals surface area contributed by atoms with Crippen LogP contribution < -0.4 is 5.32 Å². The number of imidazole rings is 1. The summed E-state index contributed by atoms with van der Waals surface area (Å²) in [5.41, 5.74) is 3.96. The van der Waals surface area contributed by atoms with Crippen molar-refractivity contribution in [2.45, 2.75) is 25.6 Å². The predicted octanol–water partition coefficient (Wildman–Crippen LogP) is 0.929. The number of benzene rings is 1. The molecule has 0 amide bonds. The average Bonchev–Trinajstić information content (AvgIpc) is 2.92. The molecule has 2 aromatic rings. The molecule has 0 fully saturated rings. The molecule has 0 radical (unpaired) electrons. The highest BCUT2D eigenvalue weighted by atomic mass is 16.3. The zero-order chi connectivity index (χ0) is 15.4. The maximum atomic E-state index is 10.2.